The molecule has 4 rings (SSSR count). The largest absolute Gasteiger partial charge is 0.487 e. The van der Waals surface area contributed by atoms with Crippen molar-refractivity contribution in [1.82, 2.24) is 5.06 Å². The summed E-state index contributed by atoms with van der Waals surface area (Å²) in [6, 6.07) is 5.96. The Morgan fingerprint density at radius 2 is 2.17 bits per heavy atom. The maximum absolute atomic E-state index is 6.44. The lowest BCUT2D eigenvalue weighted by Gasteiger charge is -2.44. The van der Waals surface area contributed by atoms with Gasteiger partial charge in [0.05, 0.1) is 12.2 Å². The molecule has 3 aliphatic heterocycles. The number of hydrogen-bond donors (Lipinski definition) is 1. The molecule has 0 bridgehead atoms. The van der Waals surface area contributed by atoms with Gasteiger partial charge in [-0.1, -0.05) is 15.9 Å². The molecule has 2 N–H and O–H groups in total. The Labute approximate surface area is 143 Å². The molecule has 3 heterocycles. The van der Waals surface area contributed by atoms with Gasteiger partial charge in [-0.15, -0.1) is 0 Å². The SMILES string of the molecule is CN1OC2(CC3(CCCOCC3)Oc3ccc(Br)cc32)N=C1N. The van der Waals surface area contributed by atoms with Crippen LogP contribution in [0.3, 0.4) is 0 Å². The molecule has 0 saturated carbocycles. The summed E-state index contributed by atoms with van der Waals surface area (Å²) in [4.78, 5) is 10.8. The summed E-state index contributed by atoms with van der Waals surface area (Å²) in [5, 5.41) is 1.54. The number of aliphatic imine (C=N–C) groups is 1. The van der Waals surface area contributed by atoms with Crippen molar-refractivity contribution in [3.63, 3.8) is 0 Å². The van der Waals surface area contributed by atoms with Gasteiger partial charge in [-0.25, -0.2) is 14.9 Å². The molecule has 2 atom stereocenters. The predicted octanol–water partition coefficient (Wildman–Crippen LogP) is 2.52. The van der Waals surface area contributed by atoms with Crippen LogP contribution >= 0.6 is 15.9 Å². The van der Waals surface area contributed by atoms with Crippen LogP contribution in [0.5, 0.6) is 5.75 Å². The minimum atomic E-state index is -0.819. The van der Waals surface area contributed by atoms with Crippen LogP contribution < -0.4 is 10.5 Å². The van der Waals surface area contributed by atoms with Crippen molar-refractivity contribution in [2.45, 2.75) is 37.0 Å². The maximum atomic E-state index is 6.44. The van der Waals surface area contributed by atoms with Gasteiger partial charge >= 0.3 is 0 Å². The Kier molecular flexibility index (Phi) is 3.55. The molecule has 124 valence electrons. The molecule has 1 fully saturated rings. The number of nitrogens with zero attached hydrogens (tertiary/aromatic N) is 2. The minimum Gasteiger partial charge on any atom is -0.487 e. The normalized spacial score (nSPS) is 33.3. The van der Waals surface area contributed by atoms with Gasteiger partial charge in [0.2, 0.25) is 11.7 Å². The van der Waals surface area contributed by atoms with Crippen LogP contribution in [0.4, 0.5) is 0 Å². The third kappa shape index (κ3) is 2.51. The first-order chi connectivity index (χ1) is 11.0. The zero-order valence-corrected chi connectivity index (χ0v) is 14.6. The Balaban J connectivity index is 1.83. The molecule has 1 aromatic carbocycles. The van der Waals surface area contributed by atoms with E-state index in [1.165, 1.54) is 5.06 Å². The first-order valence-electron chi connectivity index (χ1n) is 7.87. The molecule has 1 aromatic rings. The van der Waals surface area contributed by atoms with E-state index in [2.05, 4.69) is 20.9 Å². The van der Waals surface area contributed by atoms with Gasteiger partial charge in [-0.2, -0.15) is 0 Å². The highest BCUT2D eigenvalue weighted by molar-refractivity contribution is 9.10. The average molecular weight is 382 g/mol. The molecule has 0 aromatic heterocycles. The molecule has 6 nitrogen and oxygen atoms in total. The van der Waals surface area contributed by atoms with Gasteiger partial charge in [0.25, 0.3) is 0 Å². The standard InChI is InChI=1S/C16H20BrN3O3/c1-20-14(18)19-16(23-20)10-15(5-2-7-21-8-6-15)22-13-4-3-11(17)9-12(13)16/h3-4,9H,2,5-8,10H2,1H3,(H2,18,19). The summed E-state index contributed by atoms with van der Waals surface area (Å²) >= 11 is 3.53. The molecule has 1 saturated heterocycles. The smallest absolute Gasteiger partial charge is 0.222 e. The van der Waals surface area contributed by atoms with Gasteiger partial charge in [0.15, 0.2) is 0 Å². The topological polar surface area (TPSA) is 69.3 Å². The fourth-order valence-corrected chi connectivity index (χ4v) is 4.05. The van der Waals surface area contributed by atoms with Gasteiger partial charge in [-0.05, 0) is 31.0 Å². The highest BCUT2D eigenvalue weighted by atomic mass is 79.9. The van der Waals surface area contributed by atoms with E-state index in [4.69, 9.17) is 20.0 Å². The summed E-state index contributed by atoms with van der Waals surface area (Å²) in [6.07, 6.45) is 3.36. The fourth-order valence-electron chi connectivity index (χ4n) is 3.69. The molecule has 7 heteroatoms. The van der Waals surface area contributed by atoms with Gasteiger partial charge in [0.1, 0.15) is 11.4 Å². The number of ether oxygens (including phenoxy) is 2. The van der Waals surface area contributed by atoms with E-state index >= 15 is 0 Å². The Morgan fingerprint density at radius 3 is 2.96 bits per heavy atom. The monoisotopic (exact) mass is 381 g/mol. The first kappa shape index (κ1) is 15.2. The predicted molar refractivity (Wildman–Crippen MR) is 88.9 cm³/mol. The van der Waals surface area contributed by atoms with Gasteiger partial charge < -0.3 is 15.2 Å². The van der Waals surface area contributed by atoms with Crippen molar-refractivity contribution in [2.75, 3.05) is 20.3 Å². The van der Waals surface area contributed by atoms with Crippen molar-refractivity contribution in [2.24, 2.45) is 10.7 Å². The second-order valence-electron chi connectivity index (χ2n) is 6.41. The number of nitrogens with two attached hydrogens (primary N) is 1. The number of hydroxylamine groups is 2. The van der Waals surface area contributed by atoms with Crippen molar-refractivity contribution < 1.29 is 14.3 Å². The average Bonchev–Trinajstić information content (AvgIpc) is 2.67. The lowest BCUT2D eigenvalue weighted by Crippen LogP contribution is -2.48. The molecule has 0 amide bonds. The highest BCUT2D eigenvalue weighted by Crippen LogP contribution is 2.52. The summed E-state index contributed by atoms with van der Waals surface area (Å²) < 4.78 is 13.0. The van der Waals surface area contributed by atoms with E-state index in [0.717, 1.165) is 41.7 Å². The van der Waals surface area contributed by atoms with E-state index in [1.807, 2.05) is 18.2 Å². The van der Waals surface area contributed by atoms with Crippen molar-refractivity contribution in [3.05, 3.63) is 28.2 Å². The molecule has 3 aliphatic rings. The third-order valence-corrected chi connectivity index (χ3v) is 5.27. The lowest BCUT2D eigenvalue weighted by molar-refractivity contribution is -0.205. The van der Waals surface area contributed by atoms with Crippen LogP contribution in [0.2, 0.25) is 0 Å². The molecule has 23 heavy (non-hydrogen) atoms. The van der Waals surface area contributed by atoms with E-state index in [9.17, 15) is 0 Å². The zero-order chi connectivity index (χ0) is 16.1. The second-order valence-corrected chi connectivity index (χ2v) is 7.33. The second kappa shape index (κ2) is 5.36. The number of benzene rings is 1. The number of fused-ring (bicyclic) bond motifs is 2. The van der Waals surface area contributed by atoms with E-state index in [0.29, 0.717) is 19.0 Å². The number of hydrogen-bond acceptors (Lipinski definition) is 6. The number of guanidine groups is 1. The van der Waals surface area contributed by atoms with E-state index in [-0.39, 0.29) is 5.60 Å². The molecule has 2 unspecified atom stereocenters. The molecular weight excluding hydrogens is 362 g/mol. The van der Waals surface area contributed by atoms with Crippen molar-refractivity contribution >= 4 is 21.9 Å². The molecule has 0 radical (unpaired) electrons. The van der Waals surface area contributed by atoms with Crippen LogP contribution in [0.1, 0.15) is 31.2 Å². The van der Waals surface area contributed by atoms with E-state index in [1.54, 1.807) is 7.05 Å². The Hall–Kier alpha value is -1.31. The third-order valence-electron chi connectivity index (χ3n) is 4.78. The maximum Gasteiger partial charge on any atom is 0.222 e. The first-order valence-corrected chi connectivity index (χ1v) is 8.66. The van der Waals surface area contributed by atoms with Crippen LogP contribution in [0.25, 0.3) is 0 Å². The lowest BCUT2D eigenvalue weighted by atomic mass is 9.80. The quantitative estimate of drug-likeness (QED) is 0.747. The van der Waals surface area contributed by atoms with E-state index < -0.39 is 5.72 Å². The fraction of sp³-hybridized carbons (Fsp3) is 0.562. The van der Waals surface area contributed by atoms with Crippen LogP contribution in [0.15, 0.2) is 27.7 Å². The summed E-state index contributed by atoms with van der Waals surface area (Å²) in [7, 11) is 1.78. The van der Waals surface area contributed by atoms with Crippen LogP contribution in [0, 0.1) is 0 Å². The van der Waals surface area contributed by atoms with Crippen molar-refractivity contribution in [1.29, 1.82) is 0 Å². The van der Waals surface area contributed by atoms with Crippen molar-refractivity contribution in [3.8, 4) is 5.75 Å². The molecule has 2 spiro atoms. The Morgan fingerprint density at radius 1 is 1.30 bits per heavy atom. The zero-order valence-electron chi connectivity index (χ0n) is 13.0. The summed E-state index contributed by atoms with van der Waals surface area (Å²) in [5.74, 6) is 1.20. The minimum absolute atomic E-state index is 0.327. The summed E-state index contributed by atoms with van der Waals surface area (Å²) in [6.45, 7) is 1.47. The van der Waals surface area contributed by atoms with Gasteiger partial charge in [0, 0.05) is 31.0 Å². The number of halogens is 1. The summed E-state index contributed by atoms with van der Waals surface area (Å²) in [5.41, 5.74) is 5.77. The van der Waals surface area contributed by atoms with Crippen LogP contribution in [-0.4, -0.2) is 36.9 Å². The Bertz CT molecular complexity index is 658. The van der Waals surface area contributed by atoms with Gasteiger partial charge in [-0.3, -0.25) is 0 Å². The number of rotatable bonds is 0. The molecular formula is C16H20BrN3O3. The molecule has 0 aliphatic carbocycles. The van der Waals surface area contributed by atoms with Crippen LogP contribution in [-0.2, 0) is 15.3 Å². The highest BCUT2D eigenvalue weighted by Gasteiger charge is 2.54.